The average molecular weight is 659 g/mol. The van der Waals surface area contributed by atoms with Gasteiger partial charge in [0.15, 0.2) is 23.9 Å². The van der Waals surface area contributed by atoms with Gasteiger partial charge in [0.2, 0.25) is 15.3 Å². The largest absolute Gasteiger partial charge is 0.488 e. The molecule has 6 heterocycles. The highest BCUT2D eigenvalue weighted by Crippen LogP contribution is 2.38. The first-order valence-corrected chi connectivity index (χ1v) is 15.9. The number of ether oxygens (including phenoxy) is 2. The summed E-state index contributed by atoms with van der Waals surface area (Å²) in [7, 11) is -4.55. The summed E-state index contributed by atoms with van der Waals surface area (Å²) in [5.74, 6) is -0.261. The Bertz CT molecular complexity index is 1960. The number of benzene rings is 1. The van der Waals surface area contributed by atoms with E-state index in [1.165, 1.54) is 0 Å². The molecule has 11 nitrogen and oxygen atoms in total. The summed E-state index contributed by atoms with van der Waals surface area (Å²) in [6.07, 6.45) is 0.0120. The Morgan fingerprint density at radius 1 is 1.04 bits per heavy atom. The molecule has 240 valence electrons. The topological polar surface area (TPSA) is 127 Å². The van der Waals surface area contributed by atoms with Crippen LogP contribution in [-0.2, 0) is 27.7 Å². The number of anilines is 3. The molecule has 46 heavy (non-hydrogen) atoms. The Balaban J connectivity index is 1.10. The van der Waals surface area contributed by atoms with E-state index in [4.69, 9.17) is 14.5 Å². The normalized spacial score (nSPS) is 22.1. The van der Waals surface area contributed by atoms with Gasteiger partial charge >= 0.3 is 0 Å². The van der Waals surface area contributed by atoms with Crippen LogP contribution in [0.1, 0.15) is 21.6 Å². The second-order valence-electron chi connectivity index (χ2n) is 11.1. The van der Waals surface area contributed by atoms with Crippen molar-refractivity contribution in [3.8, 4) is 5.75 Å². The fraction of sp³-hybridized carbons (Fsp3) is 0.333. The van der Waals surface area contributed by atoms with Crippen molar-refractivity contribution in [3.63, 3.8) is 0 Å². The molecule has 3 atom stereocenters. The van der Waals surface area contributed by atoms with Crippen LogP contribution < -0.4 is 19.9 Å². The maximum absolute atomic E-state index is 14.8. The van der Waals surface area contributed by atoms with Crippen LogP contribution in [0.3, 0.4) is 0 Å². The average Bonchev–Trinajstić information content (AvgIpc) is 3.34. The molecular weight excluding hydrogens is 632 g/mol. The zero-order valence-corrected chi connectivity index (χ0v) is 24.8. The van der Waals surface area contributed by atoms with Gasteiger partial charge in [0.05, 0.1) is 67.4 Å². The minimum Gasteiger partial charge on any atom is -0.488 e. The van der Waals surface area contributed by atoms with Crippen LogP contribution >= 0.6 is 0 Å². The van der Waals surface area contributed by atoms with Crippen molar-refractivity contribution < 1.29 is 40.2 Å². The first kappa shape index (κ1) is 30.1. The number of amides is 1. The molecule has 0 unspecified atom stereocenters. The number of carbonyl (C=O) groups excluding carboxylic acids is 1. The first-order valence-electron chi connectivity index (χ1n) is 14.3. The quantitative estimate of drug-likeness (QED) is 0.317. The molecular formula is C30H26F4N6O5S. The van der Waals surface area contributed by atoms with Gasteiger partial charge in [0.1, 0.15) is 18.2 Å². The summed E-state index contributed by atoms with van der Waals surface area (Å²) in [5.41, 5.74) is -1.48. The molecule has 16 heteroatoms. The van der Waals surface area contributed by atoms with E-state index in [0.717, 1.165) is 12.1 Å². The Kier molecular flexibility index (Phi) is 7.63. The van der Waals surface area contributed by atoms with E-state index < -0.39 is 57.5 Å². The Morgan fingerprint density at radius 3 is 2.65 bits per heavy atom. The molecule has 1 aromatic carbocycles. The minimum absolute atomic E-state index is 0.0600. The van der Waals surface area contributed by atoms with Crippen LogP contribution in [0.15, 0.2) is 53.7 Å². The SMILES string of the molecule is O=C(NCc1cc2nc(N3CCOc4cc(N5C[C@@H](F)[C@H](F)C5)cnc43)ccc2cn1)c1cc(F)c2c(c1)S(=O)(=O)[C@@H](F)COC2. The molecule has 3 aliphatic rings. The Labute approximate surface area is 260 Å². The van der Waals surface area contributed by atoms with E-state index in [1.54, 1.807) is 35.5 Å². The highest BCUT2D eigenvalue weighted by molar-refractivity contribution is 7.92. The highest BCUT2D eigenvalue weighted by Gasteiger charge is 2.36. The molecule has 1 fully saturated rings. The predicted octanol–water partition coefficient (Wildman–Crippen LogP) is 3.72. The number of sulfone groups is 1. The number of pyridine rings is 3. The van der Waals surface area contributed by atoms with Gasteiger partial charge in [0.25, 0.3) is 5.91 Å². The smallest absolute Gasteiger partial charge is 0.251 e. The lowest BCUT2D eigenvalue weighted by Crippen LogP contribution is -2.30. The van der Waals surface area contributed by atoms with Crippen LogP contribution in [-0.4, -0.2) is 80.0 Å². The van der Waals surface area contributed by atoms with Crippen molar-refractivity contribution in [3.05, 3.63) is 71.4 Å². The molecule has 3 aliphatic heterocycles. The lowest BCUT2D eigenvalue weighted by Gasteiger charge is -2.30. The molecule has 1 saturated heterocycles. The molecule has 3 aromatic heterocycles. The third-order valence-corrected chi connectivity index (χ3v) is 9.86. The van der Waals surface area contributed by atoms with Crippen LogP contribution in [0.2, 0.25) is 0 Å². The van der Waals surface area contributed by atoms with E-state index in [9.17, 15) is 30.8 Å². The number of rotatable bonds is 5. The van der Waals surface area contributed by atoms with Crippen molar-refractivity contribution in [1.82, 2.24) is 20.3 Å². The van der Waals surface area contributed by atoms with Gasteiger partial charge in [-0.2, -0.15) is 0 Å². The lowest BCUT2D eigenvalue weighted by molar-refractivity contribution is 0.0938. The predicted molar refractivity (Wildman–Crippen MR) is 158 cm³/mol. The standard InChI is InChI=1S/C30H26F4N6O5S/c31-21-5-17(6-26-20(21)14-44-15-27(34)46(26,42)43)30(41)37-10-18-7-24-16(9-35-18)1-2-28(38-24)40-3-4-45-25-8-19(11-36-29(25)40)39-12-22(32)23(33)13-39/h1-2,5-9,11,22-23,27H,3-4,10,12-15H2,(H,37,41)/t22-,23-,27-/m1/s1. The zero-order chi connectivity index (χ0) is 32.2. The summed E-state index contributed by atoms with van der Waals surface area (Å²) < 4.78 is 92.3. The van der Waals surface area contributed by atoms with E-state index in [0.29, 0.717) is 52.8 Å². The zero-order valence-electron chi connectivity index (χ0n) is 24.0. The summed E-state index contributed by atoms with van der Waals surface area (Å²) in [6.45, 7) is -0.623. The van der Waals surface area contributed by atoms with Gasteiger partial charge in [-0.1, -0.05) is 0 Å². The third kappa shape index (κ3) is 5.44. The molecule has 1 N–H and O–H groups in total. The number of nitrogens with zero attached hydrogens (tertiary/aromatic N) is 5. The van der Waals surface area contributed by atoms with Gasteiger partial charge in [-0.05, 0) is 30.3 Å². The number of nitrogens with one attached hydrogen (secondary N) is 1. The van der Waals surface area contributed by atoms with Crippen molar-refractivity contribution in [2.75, 3.05) is 42.6 Å². The Morgan fingerprint density at radius 2 is 1.85 bits per heavy atom. The van der Waals surface area contributed by atoms with Gasteiger partial charge in [-0.15, -0.1) is 0 Å². The summed E-state index contributed by atoms with van der Waals surface area (Å²) in [5, 5.41) is 3.30. The molecule has 0 bridgehead atoms. The van der Waals surface area contributed by atoms with Crippen molar-refractivity contribution in [2.45, 2.75) is 35.9 Å². The summed E-state index contributed by atoms with van der Waals surface area (Å²) >= 11 is 0. The molecule has 0 aliphatic carbocycles. The second kappa shape index (κ2) is 11.7. The van der Waals surface area contributed by atoms with Crippen molar-refractivity contribution >= 4 is 44.0 Å². The first-order chi connectivity index (χ1) is 22.1. The fourth-order valence-corrected chi connectivity index (χ4v) is 6.95. The van der Waals surface area contributed by atoms with E-state index in [2.05, 4.69) is 15.3 Å². The maximum Gasteiger partial charge on any atom is 0.251 e. The molecule has 4 aromatic rings. The van der Waals surface area contributed by atoms with Crippen LogP contribution in [0.5, 0.6) is 5.75 Å². The van der Waals surface area contributed by atoms with E-state index >= 15 is 0 Å². The van der Waals surface area contributed by atoms with Crippen molar-refractivity contribution in [2.24, 2.45) is 0 Å². The molecule has 1 amide bonds. The van der Waals surface area contributed by atoms with Gasteiger partial charge in [-0.3, -0.25) is 9.78 Å². The number of carbonyl (C=O) groups is 1. The highest BCUT2D eigenvalue weighted by atomic mass is 32.2. The number of aromatic nitrogens is 3. The second-order valence-corrected chi connectivity index (χ2v) is 13.1. The monoisotopic (exact) mass is 658 g/mol. The Hall–Kier alpha value is -4.57. The van der Waals surface area contributed by atoms with E-state index in [1.807, 2.05) is 11.0 Å². The van der Waals surface area contributed by atoms with Crippen LogP contribution in [0.25, 0.3) is 10.9 Å². The molecule has 0 spiro atoms. The van der Waals surface area contributed by atoms with Crippen LogP contribution in [0, 0.1) is 5.82 Å². The maximum atomic E-state index is 14.8. The van der Waals surface area contributed by atoms with Gasteiger partial charge < -0.3 is 24.6 Å². The summed E-state index contributed by atoms with van der Waals surface area (Å²) in [6, 6.07) is 8.82. The number of hydrogen-bond donors (Lipinski definition) is 1. The minimum atomic E-state index is -4.55. The summed E-state index contributed by atoms with van der Waals surface area (Å²) in [4.78, 5) is 29.4. The van der Waals surface area contributed by atoms with Gasteiger partial charge in [0, 0.05) is 28.8 Å². The lowest BCUT2D eigenvalue weighted by atomic mass is 10.1. The molecule has 0 saturated carbocycles. The number of alkyl halides is 3. The number of halogens is 4. The van der Waals surface area contributed by atoms with E-state index in [-0.39, 0.29) is 30.8 Å². The fourth-order valence-electron chi connectivity index (χ4n) is 5.60. The molecule has 7 rings (SSSR count). The van der Waals surface area contributed by atoms with Crippen LogP contribution in [0.4, 0.5) is 34.9 Å². The number of hydrogen-bond acceptors (Lipinski definition) is 10. The van der Waals surface area contributed by atoms with Gasteiger partial charge in [-0.25, -0.2) is 35.9 Å². The van der Waals surface area contributed by atoms with Crippen molar-refractivity contribution in [1.29, 1.82) is 0 Å². The number of fused-ring (bicyclic) bond motifs is 3. The molecule has 0 radical (unpaired) electrons. The third-order valence-electron chi connectivity index (χ3n) is 8.07.